The van der Waals surface area contributed by atoms with Crippen molar-refractivity contribution in [1.82, 2.24) is 5.32 Å². The molecule has 0 bridgehead atoms. The van der Waals surface area contributed by atoms with E-state index >= 15 is 0 Å². The second-order valence-electron chi connectivity index (χ2n) is 6.50. The molecule has 0 amide bonds. The maximum atomic E-state index is 6.12. The van der Waals surface area contributed by atoms with Crippen LogP contribution >= 0.6 is 0 Å². The third-order valence-electron chi connectivity index (χ3n) is 5.20. The molecule has 0 aromatic heterocycles. The van der Waals surface area contributed by atoms with Crippen LogP contribution in [-0.4, -0.2) is 25.3 Å². The Balaban J connectivity index is 2.01. The van der Waals surface area contributed by atoms with Crippen LogP contribution in [0.3, 0.4) is 0 Å². The predicted molar refractivity (Wildman–Crippen MR) is 81.4 cm³/mol. The fourth-order valence-corrected chi connectivity index (χ4v) is 4.13. The van der Waals surface area contributed by atoms with E-state index < -0.39 is 0 Å². The second-order valence-corrected chi connectivity index (χ2v) is 6.50. The van der Waals surface area contributed by atoms with E-state index in [-0.39, 0.29) is 0 Å². The zero-order valence-electron chi connectivity index (χ0n) is 13.0. The average molecular weight is 267 g/mol. The van der Waals surface area contributed by atoms with Crippen LogP contribution in [0.25, 0.3) is 0 Å². The number of ether oxygens (including phenoxy) is 1. The lowest BCUT2D eigenvalue weighted by atomic mass is 9.72. The highest BCUT2D eigenvalue weighted by atomic mass is 16.5. The highest BCUT2D eigenvalue weighted by molar-refractivity contribution is 4.90. The standard InChI is InChI=1S/C17H33NO/c1-3-12-18-17(16-11-7-8-13-19-16)15-10-6-5-9-14(15)4-2/h14-18H,3-13H2,1-2H3. The Morgan fingerprint density at radius 3 is 2.53 bits per heavy atom. The second kappa shape index (κ2) is 8.26. The monoisotopic (exact) mass is 267 g/mol. The molecule has 1 N–H and O–H groups in total. The molecule has 1 heterocycles. The predicted octanol–water partition coefficient (Wildman–Crippen LogP) is 4.14. The van der Waals surface area contributed by atoms with E-state index in [9.17, 15) is 0 Å². The van der Waals surface area contributed by atoms with Crippen LogP contribution in [0.4, 0.5) is 0 Å². The van der Waals surface area contributed by atoms with Gasteiger partial charge in [-0.3, -0.25) is 0 Å². The van der Waals surface area contributed by atoms with Crippen LogP contribution in [0.1, 0.15) is 71.6 Å². The molecule has 2 aliphatic rings. The summed E-state index contributed by atoms with van der Waals surface area (Å²) in [5, 5.41) is 3.85. The van der Waals surface area contributed by atoms with E-state index in [0.717, 1.165) is 25.0 Å². The van der Waals surface area contributed by atoms with Gasteiger partial charge in [0.05, 0.1) is 6.10 Å². The number of hydrogen-bond acceptors (Lipinski definition) is 2. The van der Waals surface area contributed by atoms with Crippen molar-refractivity contribution in [3.63, 3.8) is 0 Å². The molecule has 4 atom stereocenters. The number of hydrogen-bond donors (Lipinski definition) is 1. The van der Waals surface area contributed by atoms with Crippen LogP contribution in [0.15, 0.2) is 0 Å². The van der Waals surface area contributed by atoms with Gasteiger partial charge in [0.2, 0.25) is 0 Å². The zero-order valence-corrected chi connectivity index (χ0v) is 13.0. The van der Waals surface area contributed by atoms with Gasteiger partial charge in [-0.15, -0.1) is 0 Å². The van der Waals surface area contributed by atoms with Crippen molar-refractivity contribution < 1.29 is 4.74 Å². The van der Waals surface area contributed by atoms with Gasteiger partial charge in [0, 0.05) is 12.6 Å². The molecule has 2 nitrogen and oxygen atoms in total. The van der Waals surface area contributed by atoms with Crippen LogP contribution in [0.2, 0.25) is 0 Å². The summed E-state index contributed by atoms with van der Waals surface area (Å²) in [7, 11) is 0. The average Bonchev–Trinajstić information content (AvgIpc) is 2.49. The largest absolute Gasteiger partial charge is 0.377 e. The van der Waals surface area contributed by atoms with Crippen LogP contribution in [0, 0.1) is 11.8 Å². The maximum absolute atomic E-state index is 6.12. The third-order valence-corrected chi connectivity index (χ3v) is 5.20. The van der Waals surface area contributed by atoms with Gasteiger partial charge in [0.25, 0.3) is 0 Å². The molecule has 2 heteroatoms. The molecule has 0 radical (unpaired) electrons. The molecule has 1 aliphatic carbocycles. The van der Waals surface area contributed by atoms with Crippen molar-refractivity contribution in [3.8, 4) is 0 Å². The van der Waals surface area contributed by atoms with Crippen molar-refractivity contribution in [2.45, 2.75) is 83.8 Å². The molecule has 4 unspecified atom stereocenters. The first kappa shape index (κ1) is 15.3. The molecule has 1 aliphatic heterocycles. The summed E-state index contributed by atoms with van der Waals surface area (Å²) in [5.41, 5.74) is 0. The lowest BCUT2D eigenvalue weighted by molar-refractivity contribution is -0.0339. The molecule has 112 valence electrons. The van der Waals surface area contributed by atoms with E-state index in [0.29, 0.717) is 12.1 Å². The zero-order chi connectivity index (χ0) is 13.5. The quantitative estimate of drug-likeness (QED) is 0.781. The lowest BCUT2D eigenvalue weighted by Gasteiger charge is -2.42. The molecular formula is C17H33NO. The highest BCUT2D eigenvalue weighted by Crippen LogP contribution is 2.37. The molecule has 0 aromatic rings. The molecule has 2 rings (SSSR count). The smallest absolute Gasteiger partial charge is 0.0730 e. The lowest BCUT2D eigenvalue weighted by Crippen LogP contribution is -2.50. The van der Waals surface area contributed by atoms with Gasteiger partial charge in [-0.1, -0.05) is 39.5 Å². The van der Waals surface area contributed by atoms with Gasteiger partial charge in [0.15, 0.2) is 0 Å². The minimum absolute atomic E-state index is 0.484. The Morgan fingerprint density at radius 2 is 1.84 bits per heavy atom. The van der Waals surface area contributed by atoms with Gasteiger partial charge in [-0.2, -0.15) is 0 Å². The van der Waals surface area contributed by atoms with Crippen LogP contribution in [-0.2, 0) is 4.74 Å². The Hall–Kier alpha value is -0.0800. The summed E-state index contributed by atoms with van der Waals surface area (Å²) >= 11 is 0. The minimum Gasteiger partial charge on any atom is -0.377 e. The third kappa shape index (κ3) is 4.19. The van der Waals surface area contributed by atoms with E-state index in [1.54, 1.807) is 0 Å². The topological polar surface area (TPSA) is 21.3 Å². The SMILES string of the molecule is CCCNC(C1CCCCO1)C1CCCCC1CC. The number of rotatable bonds is 6. The Bertz CT molecular complexity index is 237. The molecule has 19 heavy (non-hydrogen) atoms. The summed E-state index contributed by atoms with van der Waals surface area (Å²) in [6, 6.07) is 0.616. The van der Waals surface area contributed by atoms with Gasteiger partial charge in [-0.05, 0) is 50.5 Å². The van der Waals surface area contributed by atoms with Crippen molar-refractivity contribution in [1.29, 1.82) is 0 Å². The summed E-state index contributed by atoms with van der Waals surface area (Å²) in [4.78, 5) is 0. The fourth-order valence-electron chi connectivity index (χ4n) is 4.13. The first-order valence-corrected chi connectivity index (χ1v) is 8.71. The van der Waals surface area contributed by atoms with Crippen LogP contribution < -0.4 is 5.32 Å². The molecule has 0 spiro atoms. The Kier molecular flexibility index (Phi) is 6.66. The van der Waals surface area contributed by atoms with E-state index in [1.165, 1.54) is 57.8 Å². The van der Waals surface area contributed by atoms with Crippen molar-refractivity contribution in [2.75, 3.05) is 13.2 Å². The summed E-state index contributed by atoms with van der Waals surface area (Å²) in [5.74, 6) is 1.78. The fraction of sp³-hybridized carbons (Fsp3) is 1.00. The summed E-state index contributed by atoms with van der Waals surface area (Å²) in [6.07, 6.45) is 12.7. The molecular weight excluding hydrogens is 234 g/mol. The van der Waals surface area contributed by atoms with Gasteiger partial charge < -0.3 is 10.1 Å². The highest BCUT2D eigenvalue weighted by Gasteiger charge is 2.36. The number of nitrogens with one attached hydrogen (secondary N) is 1. The molecule has 0 aromatic carbocycles. The van der Waals surface area contributed by atoms with E-state index in [2.05, 4.69) is 19.2 Å². The van der Waals surface area contributed by atoms with Crippen molar-refractivity contribution in [2.24, 2.45) is 11.8 Å². The first-order chi connectivity index (χ1) is 9.36. The minimum atomic E-state index is 0.484. The van der Waals surface area contributed by atoms with Crippen molar-refractivity contribution in [3.05, 3.63) is 0 Å². The molecule has 1 saturated heterocycles. The molecule has 2 fully saturated rings. The Morgan fingerprint density at radius 1 is 1.05 bits per heavy atom. The first-order valence-electron chi connectivity index (χ1n) is 8.71. The molecule has 1 saturated carbocycles. The van der Waals surface area contributed by atoms with Gasteiger partial charge >= 0.3 is 0 Å². The van der Waals surface area contributed by atoms with Crippen LogP contribution in [0.5, 0.6) is 0 Å². The van der Waals surface area contributed by atoms with E-state index in [1.807, 2.05) is 0 Å². The van der Waals surface area contributed by atoms with Gasteiger partial charge in [-0.25, -0.2) is 0 Å². The van der Waals surface area contributed by atoms with Crippen molar-refractivity contribution >= 4 is 0 Å². The summed E-state index contributed by atoms with van der Waals surface area (Å²) < 4.78 is 6.12. The Labute approximate surface area is 119 Å². The maximum Gasteiger partial charge on any atom is 0.0730 e. The summed E-state index contributed by atoms with van der Waals surface area (Å²) in [6.45, 7) is 6.78. The van der Waals surface area contributed by atoms with Gasteiger partial charge in [0.1, 0.15) is 0 Å². The normalized spacial score (nSPS) is 34.1. The van der Waals surface area contributed by atoms with E-state index in [4.69, 9.17) is 4.74 Å².